The fraction of sp³-hybridized carbons (Fsp3) is 0.500. The molecule has 2 aromatic carbocycles. The minimum Gasteiger partial charge on any atom is -0.447 e. The predicted octanol–water partition coefficient (Wildman–Crippen LogP) is 7.66. The van der Waals surface area contributed by atoms with E-state index in [1.807, 2.05) is 39.0 Å². The summed E-state index contributed by atoms with van der Waals surface area (Å²) in [7, 11) is -3.94. The van der Waals surface area contributed by atoms with Gasteiger partial charge in [-0.25, -0.2) is 27.7 Å². The Morgan fingerprint density at radius 3 is 2.24 bits per heavy atom. The maximum absolute atomic E-state index is 13.7. The number of rotatable bonds is 10. The minimum absolute atomic E-state index is 0.107. The molecule has 2 amide bonds. The number of nitrogens with one attached hydrogen (secondary N) is 2. The fourth-order valence-corrected chi connectivity index (χ4v) is 8.09. The van der Waals surface area contributed by atoms with Crippen LogP contribution in [0.5, 0.6) is 0 Å². The number of anilines is 1. The van der Waals surface area contributed by atoms with Gasteiger partial charge in [0.2, 0.25) is 10.0 Å². The first-order valence-corrected chi connectivity index (χ1v) is 18.8. The predicted molar refractivity (Wildman–Crippen MR) is 192 cm³/mol. The van der Waals surface area contributed by atoms with Crippen LogP contribution in [0.4, 0.5) is 15.3 Å². The lowest BCUT2D eigenvalue weighted by molar-refractivity contribution is -0.124. The van der Waals surface area contributed by atoms with E-state index in [9.17, 15) is 22.8 Å². The summed E-state index contributed by atoms with van der Waals surface area (Å²) in [5, 5.41) is 3.37. The number of sulfonamides is 1. The number of thiazole rings is 1. The molecule has 2 N–H and O–H groups in total. The van der Waals surface area contributed by atoms with Gasteiger partial charge in [0.1, 0.15) is 16.4 Å². The maximum Gasteiger partial charge on any atom is 0.411 e. The van der Waals surface area contributed by atoms with Gasteiger partial charge in [-0.2, -0.15) is 0 Å². The summed E-state index contributed by atoms with van der Waals surface area (Å²) < 4.78 is 40.8. The number of benzene rings is 2. The monoisotopic (exact) mass is 712 g/mol. The molecule has 0 bridgehead atoms. The van der Waals surface area contributed by atoms with E-state index < -0.39 is 27.3 Å². The van der Waals surface area contributed by atoms with Gasteiger partial charge in [0.05, 0.1) is 15.9 Å². The number of nitrogens with zero attached hydrogens (tertiary/aromatic N) is 2. The Morgan fingerprint density at radius 1 is 1.00 bits per heavy atom. The number of likely N-dealkylation sites (tertiary alicyclic amines) is 1. The zero-order valence-corrected chi connectivity index (χ0v) is 31.2. The van der Waals surface area contributed by atoms with Crippen LogP contribution in [0.3, 0.4) is 0 Å². The first-order chi connectivity index (χ1) is 22.8. The van der Waals surface area contributed by atoms with Crippen molar-refractivity contribution in [2.75, 3.05) is 18.4 Å². The SMILES string of the molecule is CC(C)OC(=O)Nc1ccc(-c2ncc(-c3ccc(CCC(=O)C4CCN(C(=O)OC(C)(C)C)CC4)cc3S(=O)(=O)NC(C)(C)C)s2)cc1. The molecule has 0 unspecified atom stereocenters. The second kappa shape index (κ2) is 15.4. The molecule has 1 saturated heterocycles. The second-order valence-corrected chi connectivity index (χ2v) is 17.3. The van der Waals surface area contributed by atoms with Gasteiger partial charge in [-0.1, -0.05) is 12.1 Å². The van der Waals surface area contributed by atoms with Crippen molar-refractivity contribution in [3.63, 3.8) is 0 Å². The normalized spacial score (nSPS) is 14.5. The Balaban J connectivity index is 1.49. The third-order valence-electron chi connectivity index (χ3n) is 7.53. The molecule has 0 atom stereocenters. The molecule has 0 spiro atoms. The standard InChI is InChI=1S/C36H48N4O7S2/c1-23(2)46-33(42)38-27-13-11-26(12-14-27)32-37-22-30(48-32)28-15-9-24(21-31(28)49(44,45)39-35(3,4)5)10-16-29(41)25-17-19-40(20-18-25)34(43)47-36(6,7)8/h9,11-15,21-23,25,39H,10,16-20H2,1-8H3,(H,38,42). The molecule has 4 rings (SSSR count). The van der Waals surface area contributed by atoms with E-state index in [4.69, 9.17) is 9.47 Å². The van der Waals surface area contributed by atoms with Crippen molar-refractivity contribution < 1.29 is 32.3 Å². The van der Waals surface area contributed by atoms with Crippen molar-refractivity contribution in [3.05, 3.63) is 54.2 Å². The number of amides is 2. The topological polar surface area (TPSA) is 144 Å². The molecule has 49 heavy (non-hydrogen) atoms. The lowest BCUT2D eigenvalue weighted by Gasteiger charge is -2.33. The Labute approximate surface area is 293 Å². The second-order valence-electron chi connectivity index (χ2n) is 14.6. The Kier molecular flexibility index (Phi) is 11.9. The van der Waals surface area contributed by atoms with E-state index >= 15 is 0 Å². The van der Waals surface area contributed by atoms with E-state index in [0.717, 1.165) is 11.1 Å². The number of ketones is 1. The van der Waals surface area contributed by atoms with Crippen LogP contribution in [0.1, 0.15) is 80.2 Å². The van der Waals surface area contributed by atoms with Crippen LogP contribution in [0.25, 0.3) is 21.0 Å². The number of aryl methyl sites for hydroxylation is 1. The summed E-state index contributed by atoms with van der Waals surface area (Å²) in [6.07, 6.45) is 2.33. The minimum atomic E-state index is -3.94. The molecule has 266 valence electrons. The molecule has 1 aliphatic rings. The molecule has 11 nitrogen and oxygen atoms in total. The first-order valence-electron chi connectivity index (χ1n) is 16.5. The van der Waals surface area contributed by atoms with Gasteiger partial charge in [0, 0.05) is 54.0 Å². The maximum atomic E-state index is 13.7. The van der Waals surface area contributed by atoms with E-state index in [1.54, 1.807) is 70.0 Å². The summed E-state index contributed by atoms with van der Waals surface area (Å²) in [6.45, 7) is 15.3. The number of carbonyl (C=O) groups excluding carboxylic acids is 3. The van der Waals surface area contributed by atoms with Crippen LogP contribution in [-0.4, -0.2) is 66.6 Å². The largest absolute Gasteiger partial charge is 0.447 e. The summed E-state index contributed by atoms with van der Waals surface area (Å²) >= 11 is 1.36. The van der Waals surface area contributed by atoms with Crippen molar-refractivity contribution in [2.45, 2.75) is 103 Å². The van der Waals surface area contributed by atoms with Crippen LogP contribution >= 0.6 is 11.3 Å². The van der Waals surface area contributed by atoms with E-state index in [2.05, 4.69) is 15.0 Å². The average molecular weight is 713 g/mol. The molecule has 1 aromatic heterocycles. The zero-order chi connectivity index (χ0) is 36.1. The number of hydrogen-bond donors (Lipinski definition) is 2. The lowest BCUT2D eigenvalue weighted by atomic mass is 9.89. The van der Waals surface area contributed by atoms with Crippen LogP contribution in [-0.2, 0) is 30.7 Å². The van der Waals surface area contributed by atoms with Gasteiger partial charge >= 0.3 is 12.2 Å². The Morgan fingerprint density at radius 2 is 1.65 bits per heavy atom. The smallest absolute Gasteiger partial charge is 0.411 e. The molecule has 13 heteroatoms. The van der Waals surface area contributed by atoms with Crippen molar-refractivity contribution in [3.8, 4) is 21.0 Å². The lowest BCUT2D eigenvalue weighted by Crippen LogP contribution is -2.43. The third kappa shape index (κ3) is 11.1. The van der Waals surface area contributed by atoms with Gasteiger partial charge in [-0.05, 0) is 111 Å². The van der Waals surface area contributed by atoms with Crippen LogP contribution < -0.4 is 10.0 Å². The van der Waals surface area contributed by atoms with E-state index in [-0.39, 0.29) is 35.2 Å². The van der Waals surface area contributed by atoms with Crippen molar-refractivity contribution in [1.29, 1.82) is 0 Å². The molecular formula is C36H48N4O7S2. The average Bonchev–Trinajstić information content (AvgIpc) is 3.48. The van der Waals surface area contributed by atoms with Crippen molar-refractivity contribution in [1.82, 2.24) is 14.6 Å². The Hall–Kier alpha value is -3.81. The van der Waals surface area contributed by atoms with E-state index in [0.29, 0.717) is 53.5 Å². The zero-order valence-electron chi connectivity index (χ0n) is 29.6. The molecular weight excluding hydrogens is 665 g/mol. The summed E-state index contributed by atoms with van der Waals surface area (Å²) in [5.74, 6) is -0.0479. The van der Waals surface area contributed by atoms with Gasteiger partial charge in [-0.3, -0.25) is 10.1 Å². The third-order valence-corrected chi connectivity index (χ3v) is 10.4. The van der Waals surface area contributed by atoms with Crippen LogP contribution in [0.15, 0.2) is 53.6 Å². The number of piperidine rings is 1. The number of carbonyl (C=O) groups is 3. The highest BCUT2D eigenvalue weighted by molar-refractivity contribution is 7.89. The van der Waals surface area contributed by atoms with Crippen LogP contribution in [0.2, 0.25) is 0 Å². The highest BCUT2D eigenvalue weighted by Crippen LogP contribution is 2.37. The van der Waals surface area contributed by atoms with Gasteiger partial charge < -0.3 is 14.4 Å². The van der Waals surface area contributed by atoms with Gasteiger partial charge in [0.15, 0.2) is 0 Å². The van der Waals surface area contributed by atoms with Gasteiger partial charge in [-0.15, -0.1) is 11.3 Å². The highest BCUT2D eigenvalue weighted by Gasteiger charge is 2.30. The molecule has 2 heterocycles. The van der Waals surface area contributed by atoms with Crippen LogP contribution in [0, 0.1) is 5.92 Å². The summed E-state index contributed by atoms with van der Waals surface area (Å²) in [4.78, 5) is 44.6. The first kappa shape index (κ1) is 38.0. The summed E-state index contributed by atoms with van der Waals surface area (Å²) in [6, 6.07) is 12.4. The van der Waals surface area contributed by atoms with Crippen molar-refractivity contribution >= 4 is 45.0 Å². The number of Topliss-reactive ketones (excluding diaryl/α,β-unsaturated/α-hetero) is 1. The molecule has 0 radical (unpaired) electrons. The summed E-state index contributed by atoms with van der Waals surface area (Å²) in [5.41, 5.74) is 1.34. The number of aromatic nitrogens is 1. The molecule has 1 fully saturated rings. The highest BCUT2D eigenvalue weighted by atomic mass is 32.2. The molecule has 0 saturated carbocycles. The number of hydrogen-bond acceptors (Lipinski definition) is 9. The number of ether oxygens (including phenoxy) is 2. The quantitative estimate of drug-likeness (QED) is 0.218. The van der Waals surface area contributed by atoms with Crippen molar-refractivity contribution in [2.24, 2.45) is 5.92 Å². The van der Waals surface area contributed by atoms with E-state index in [1.165, 1.54) is 11.3 Å². The Bertz CT molecular complexity index is 1750. The molecule has 3 aromatic rings. The fourth-order valence-electron chi connectivity index (χ4n) is 5.38. The van der Waals surface area contributed by atoms with Gasteiger partial charge in [0.25, 0.3) is 0 Å². The molecule has 0 aliphatic carbocycles. The molecule has 1 aliphatic heterocycles.